The van der Waals surface area contributed by atoms with Crippen LogP contribution in [0.5, 0.6) is 0 Å². The average molecular weight is 287 g/mol. The molecule has 0 aromatic heterocycles. The fraction of sp³-hybridized carbons (Fsp3) is 0.200. The zero-order valence-corrected chi connectivity index (χ0v) is 11.2. The third-order valence-corrected chi connectivity index (χ3v) is 3.51. The van der Waals surface area contributed by atoms with Crippen LogP contribution in [0, 0.1) is 5.92 Å². The highest BCUT2D eigenvalue weighted by atomic mass is 32.2. The van der Waals surface area contributed by atoms with Crippen molar-refractivity contribution < 1.29 is 13.2 Å². The fourth-order valence-electron chi connectivity index (χ4n) is 1.13. The highest BCUT2D eigenvalue weighted by molar-refractivity contribution is 7.89. The molecule has 1 atom stereocenters. The first-order valence-electron chi connectivity index (χ1n) is 4.95. The molecular formula is C10H13N3O3S2. The molecular weight excluding hydrogens is 274 g/mol. The molecule has 5 N–H and O–H groups in total. The predicted molar refractivity (Wildman–Crippen MR) is 72.4 cm³/mol. The van der Waals surface area contributed by atoms with Crippen LogP contribution in [0.1, 0.15) is 6.92 Å². The van der Waals surface area contributed by atoms with Crippen molar-refractivity contribution in [2.75, 3.05) is 5.32 Å². The number of hydrogen-bond donors (Lipinski definition) is 3. The van der Waals surface area contributed by atoms with Gasteiger partial charge in [-0.3, -0.25) is 4.79 Å². The first-order valence-corrected chi connectivity index (χ1v) is 6.90. The number of nitrogens with one attached hydrogen (secondary N) is 1. The highest BCUT2D eigenvalue weighted by Crippen LogP contribution is 2.15. The largest absolute Gasteiger partial charge is 0.393 e. The van der Waals surface area contributed by atoms with Gasteiger partial charge < -0.3 is 11.1 Å². The van der Waals surface area contributed by atoms with Gasteiger partial charge in [0.15, 0.2) is 0 Å². The second-order valence-corrected chi connectivity index (χ2v) is 5.72. The Bertz CT molecular complexity index is 584. The van der Waals surface area contributed by atoms with Gasteiger partial charge >= 0.3 is 0 Å². The molecule has 0 saturated heterocycles. The number of sulfonamides is 1. The zero-order chi connectivity index (χ0) is 13.9. The standard InChI is InChI=1S/C10H13N3O3S2/c1-6(9(11)17)10(14)13-7-3-2-4-8(5-7)18(12,15)16/h2-6H,1H3,(H2,11,17)(H,13,14)(H2,12,15,16). The summed E-state index contributed by atoms with van der Waals surface area (Å²) < 4.78 is 22.3. The van der Waals surface area contributed by atoms with Gasteiger partial charge in [0.1, 0.15) is 0 Å². The third kappa shape index (κ3) is 3.76. The van der Waals surface area contributed by atoms with E-state index in [0.29, 0.717) is 5.69 Å². The normalized spacial score (nSPS) is 12.8. The lowest BCUT2D eigenvalue weighted by Gasteiger charge is -2.11. The molecule has 8 heteroatoms. The topological polar surface area (TPSA) is 115 Å². The summed E-state index contributed by atoms with van der Waals surface area (Å²) in [7, 11) is -3.80. The van der Waals surface area contributed by atoms with Crippen LogP contribution in [-0.4, -0.2) is 19.3 Å². The van der Waals surface area contributed by atoms with E-state index < -0.39 is 21.8 Å². The fourth-order valence-corrected chi connectivity index (χ4v) is 1.80. The van der Waals surface area contributed by atoms with Crippen molar-refractivity contribution in [2.24, 2.45) is 16.8 Å². The van der Waals surface area contributed by atoms with E-state index in [4.69, 9.17) is 23.1 Å². The summed E-state index contributed by atoms with van der Waals surface area (Å²) in [4.78, 5) is 11.6. The molecule has 1 aromatic rings. The van der Waals surface area contributed by atoms with Gasteiger partial charge in [0.25, 0.3) is 0 Å². The van der Waals surface area contributed by atoms with Crippen molar-refractivity contribution in [1.29, 1.82) is 0 Å². The van der Waals surface area contributed by atoms with E-state index in [1.54, 1.807) is 13.0 Å². The molecule has 98 valence electrons. The minimum absolute atomic E-state index is 0.0649. The van der Waals surface area contributed by atoms with Crippen LogP contribution in [0.4, 0.5) is 5.69 Å². The van der Waals surface area contributed by atoms with Crippen LogP contribution in [0.15, 0.2) is 29.2 Å². The SMILES string of the molecule is CC(C(=O)Nc1cccc(S(N)(=O)=O)c1)C(N)=S. The number of amides is 1. The number of rotatable bonds is 4. The van der Waals surface area contributed by atoms with Gasteiger partial charge in [-0.15, -0.1) is 0 Å². The highest BCUT2D eigenvalue weighted by Gasteiger charge is 2.16. The van der Waals surface area contributed by atoms with Crippen molar-refractivity contribution in [3.8, 4) is 0 Å². The number of carbonyl (C=O) groups is 1. The maximum absolute atomic E-state index is 11.7. The lowest BCUT2D eigenvalue weighted by atomic mass is 10.1. The summed E-state index contributed by atoms with van der Waals surface area (Å²) in [6, 6.07) is 5.61. The van der Waals surface area contributed by atoms with Gasteiger partial charge in [-0.25, -0.2) is 13.6 Å². The van der Waals surface area contributed by atoms with Crippen LogP contribution in [0.3, 0.4) is 0 Å². The van der Waals surface area contributed by atoms with Gasteiger partial charge in [-0.2, -0.15) is 0 Å². The van der Waals surface area contributed by atoms with Gasteiger partial charge in [0, 0.05) is 5.69 Å². The Hall–Kier alpha value is -1.51. The van der Waals surface area contributed by atoms with E-state index >= 15 is 0 Å². The zero-order valence-electron chi connectivity index (χ0n) is 9.58. The second kappa shape index (κ2) is 5.42. The van der Waals surface area contributed by atoms with E-state index in [0.717, 1.165) is 0 Å². The number of nitrogens with two attached hydrogens (primary N) is 2. The Morgan fingerprint density at radius 1 is 1.44 bits per heavy atom. The molecule has 0 bridgehead atoms. The molecule has 0 aliphatic rings. The molecule has 0 aliphatic heterocycles. The Morgan fingerprint density at radius 2 is 2.06 bits per heavy atom. The van der Waals surface area contributed by atoms with Crippen molar-refractivity contribution in [2.45, 2.75) is 11.8 Å². The van der Waals surface area contributed by atoms with Crippen LogP contribution < -0.4 is 16.2 Å². The molecule has 1 amide bonds. The molecule has 0 saturated carbocycles. The average Bonchev–Trinajstić information content (AvgIpc) is 2.27. The second-order valence-electron chi connectivity index (χ2n) is 3.69. The van der Waals surface area contributed by atoms with Crippen LogP contribution in [-0.2, 0) is 14.8 Å². The number of thiocarbonyl (C=S) groups is 1. The summed E-state index contributed by atoms with van der Waals surface area (Å²) in [6.07, 6.45) is 0. The summed E-state index contributed by atoms with van der Waals surface area (Å²) in [5, 5.41) is 7.49. The summed E-state index contributed by atoms with van der Waals surface area (Å²) >= 11 is 4.70. The summed E-state index contributed by atoms with van der Waals surface area (Å²) in [5.74, 6) is -1.05. The number of benzene rings is 1. The summed E-state index contributed by atoms with van der Waals surface area (Å²) in [6.45, 7) is 1.56. The number of anilines is 1. The van der Waals surface area contributed by atoms with Gasteiger partial charge in [-0.05, 0) is 25.1 Å². The quantitative estimate of drug-likeness (QED) is 0.684. The molecule has 0 radical (unpaired) electrons. The maximum Gasteiger partial charge on any atom is 0.238 e. The molecule has 0 spiro atoms. The molecule has 18 heavy (non-hydrogen) atoms. The van der Waals surface area contributed by atoms with Crippen molar-refractivity contribution >= 4 is 38.8 Å². The van der Waals surface area contributed by atoms with Crippen LogP contribution in [0.2, 0.25) is 0 Å². The van der Waals surface area contributed by atoms with E-state index in [9.17, 15) is 13.2 Å². The molecule has 0 heterocycles. The smallest absolute Gasteiger partial charge is 0.238 e. The monoisotopic (exact) mass is 287 g/mol. The van der Waals surface area contributed by atoms with Crippen molar-refractivity contribution in [3.05, 3.63) is 24.3 Å². The minimum Gasteiger partial charge on any atom is -0.393 e. The van der Waals surface area contributed by atoms with Gasteiger partial charge in [-0.1, -0.05) is 18.3 Å². The Labute approximate surface area is 110 Å². The molecule has 1 aromatic carbocycles. The lowest BCUT2D eigenvalue weighted by Crippen LogP contribution is -2.30. The van der Waals surface area contributed by atoms with Gasteiger partial charge in [0.05, 0.1) is 15.8 Å². The van der Waals surface area contributed by atoms with E-state index in [1.807, 2.05) is 0 Å². The predicted octanol–water partition coefficient (Wildman–Crippen LogP) is 0.195. The number of primary sulfonamides is 1. The number of hydrogen-bond acceptors (Lipinski definition) is 4. The van der Waals surface area contributed by atoms with Crippen molar-refractivity contribution in [1.82, 2.24) is 0 Å². The number of carbonyl (C=O) groups excluding carboxylic acids is 1. The maximum atomic E-state index is 11.7. The molecule has 1 unspecified atom stereocenters. The molecule has 0 aliphatic carbocycles. The van der Waals surface area contributed by atoms with Gasteiger partial charge in [0.2, 0.25) is 15.9 Å². The van der Waals surface area contributed by atoms with E-state index in [1.165, 1.54) is 18.2 Å². The Balaban J connectivity index is 2.93. The first-order chi connectivity index (χ1) is 8.21. The van der Waals surface area contributed by atoms with E-state index in [-0.39, 0.29) is 9.88 Å². The van der Waals surface area contributed by atoms with E-state index in [2.05, 4.69) is 5.32 Å². The molecule has 6 nitrogen and oxygen atoms in total. The summed E-state index contributed by atoms with van der Waals surface area (Å²) in [5.41, 5.74) is 5.66. The molecule has 0 fully saturated rings. The van der Waals surface area contributed by atoms with Crippen LogP contribution >= 0.6 is 12.2 Å². The Kier molecular flexibility index (Phi) is 4.38. The molecule has 1 rings (SSSR count). The van der Waals surface area contributed by atoms with Crippen LogP contribution in [0.25, 0.3) is 0 Å². The third-order valence-electron chi connectivity index (χ3n) is 2.25. The lowest BCUT2D eigenvalue weighted by molar-refractivity contribution is -0.117. The van der Waals surface area contributed by atoms with Crippen molar-refractivity contribution in [3.63, 3.8) is 0 Å². The Morgan fingerprint density at radius 3 is 2.56 bits per heavy atom. The first kappa shape index (κ1) is 14.6. The minimum atomic E-state index is -3.80.